The molecule has 11 heteroatoms. The highest BCUT2D eigenvalue weighted by Gasteiger charge is 2.39. The van der Waals surface area contributed by atoms with Crippen LogP contribution in [0, 0.1) is 10.1 Å². The lowest BCUT2D eigenvalue weighted by molar-refractivity contribution is -0.389. The number of ether oxygens (including phenoxy) is 3. The number of carbonyl (C=O) groups is 1. The summed E-state index contributed by atoms with van der Waals surface area (Å²) >= 11 is 0. The molecule has 1 heterocycles. The van der Waals surface area contributed by atoms with Crippen molar-refractivity contribution in [3.63, 3.8) is 0 Å². The standard InChI is InChI=1S/C10H9F3N2O6/c1-3-20-9(16)6-5(19-2)4-14-8(7(6)15(17)18)21-10(11,12)13/h4H,3H2,1-2H3. The second-order valence-corrected chi connectivity index (χ2v) is 3.38. The van der Waals surface area contributed by atoms with E-state index in [1.54, 1.807) is 0 Å². The van der Waals surface area contributed by atoms with Crippen LogP contribution in [-0.2, 0) is 4.74 Å². The van der Waals surface area contributed by atoms with Crippen molar-refractivity contribution in [3.05, 3.63) is 21.9 Å². The fraction of sp³-hybridized carbons (Fsp3) is 0.400. The first-order valence-electron chi connectivity index (χ1n) is 5.35. The minimum Gasteiger partial charge on any atom is -0.494 e. The average molecular weight is 310 g/mol. The van der Waals surface area contributed by atoms with Crippen LogP contribution in [0.15, 0.2) is 6.20 Å². The molecule has 0 spiro atoms. The first kappa shape index (κ1) is 16.5. The van der Waals surface area contributed by atoms with Gasteiger partial charge < -0.3 is 14.2 Å². The number of alkyl halides is 3. The maximum atomic E-state index is 12.2. The number of rotatable bonds is 5. The number of halogens is 3. The largest absolute Gasteiger partial charge is 0.574 e. The number of aromatic nitrogens is 1. The van der Waals surface area contributed by atoms with Crippen LogP contribution in [0.5, 0.6) is 11.6 Å². The Balaban J connectivity index is 3.52. The molecule has 21 heavy (non-hydrogen) atoms. The van der Waals surface area contributed by atoms with Crippen molar-refractivity contribution in [2.24, 2.45) is 0 Å². The number of pyridine rings is 1. The number of esters is 1. The summed E-state index contributed by atoms with van der Waals surface area (Å²) in [6, 6.07) is 0. The van der Waals surface area contributed by atoms with Gasteiger partial charge >= 0.3 is 23.9 Å². The molecule has 0 bridgehead atoms. The van der Waals surface area contributed by atoms with Crippen LogP contribution in [0.2, 0.25) is 0 Å². The Morgan fingerprint density at radius 2 is 2.10 bits per heavy atom. The Kier molecular flexibility index (Phi) is 4.89. The zero-order chi connectivity index (χ0) is 16.2. The number of nitrogens with zero attached hydrogens (tertiary/aromatic N) is 2. The molecule has 0 saturated carbocycles. The Labute approximate surface area is 115 Å². The Morgan fingerprint density at radius 1 is 1.48 bits per heavy atom. The summed E-state index contributed by atoms with van der Waals surface area (Å²) in [7, 11) is 1.06. The van der Waals surface area contributed by atoms with E-state index in [9.17, 15) is 28.1 Å². The monoisotopic (exact) mass is 310 g/mol. The van der Waals surface area contributed by atoms with Gasteiger partial charge in [0.05, 0.1) is 24.8 Å². The zero-order valence-electron chi connectivity index (χ0n) is 10.8. The van der Waals surface area contributed by atoms with E-state index in [4.69, 9.17) is 0 Å². The molecule has 1 aromatic heterocycles. The number of methoxy groups -OCH3 is 1. The molecule has 0 fully saturated rings. The van der Waals surface area contributed by atoms with Crippen molar-refractivity contribution >= 4 is 11.7 Å². The van der Waals surface area contributed by atoms with Crippen molar-refractivity contribution in [2.75, 3.05) is 13.7 Å². The predicted octanol–water partition coefficient (Wildman–Crippen LogP) is 2.07. The third kappa shape index (κ3) is 3.94. The second-order valence-electron chi connectivity index (χ2n) is 3.38. The van der Waals surface area contributed by atoms with Gasteiger partial charge in [-0.2, -0.15) is 0 Å². The van der Waals surface area contributed by atoms with Crippen LogP contribution >= 0.6 is 0 Å². The average Bonchev–Trinajstić information content (AvgIpc) is 2.36. The highest BCUT2D eigenvalue weighted by molar-refractivity contribution is 5.97. The van der Waals surface area contributed by atoms with E-state index in [1.807, 2.05) is 0 Å². The van der Waals surface area contributed by atoms with E-state index in [0.29, 0.717) is 6.20 Å². The maximum absolute atomic E-state index is 12.2. The zero-order valence-corrected chi connectivity index (χ0v) is 10.8. The van der Waals surface area contributed by atoms with E-state index in [2.05, 4.69) is 19.2 Å². The normalized spacial score (nSPS) is 10.9. The summed E-state index contributed by atoms with van der Waals surface area (Å²) in [5, 5.41) is 11.0. The van der Waals surface area contributed by atoms with E-state index in [-0.39, 0.29) is 6.61 Å². The number of nitro groups is 1. The van der Waals surface area contributed by atoms with Gasteiger partial charge in [-0.05, 0) is 6.92 Å². The Bertz CT molecular complexity index is 560. The fourth-order valence-corrected chi connectivity index (χ4v) is 1.38. The lowest BCUT2D eigenvalue weighted by atomic mass is 10.2. The van der Waals surface area contributed by atoms with Gasteiger partial charge in [0.15, 0.2) is 11.3 Å². The topological polar surface area (TPSA) is 101 Å². The minimum atomic E-state index is -5.21. The van der Waals surface area contributed by atoms with E-state index in [1.165, 1.54) is 6.92 Å². The molecule has 0 N–H and O–H groups in total. The summed E-state index contributed by atoms with van der Waals surface area (Å²) in [6.07, 6.45) is -4.52. The van der Waals surface area contributed by atoms with Gasteiger partial charge in [-0.3, -0.25) is 10.1 Å². The van der Waals surface area contributed by atoms with E-state index >= 15 is 0 Å². The molecule has 1 rings (SSSR count). The number of hydrogen-bond donors (Lipinski definition) is 0. The summed E-state index contributed by atoms with van der Waals surface area (Å²) < 4.78 is 49.3. The van der Waals surface area contributed by atoms with Gasteiger partial charge in [-0.1, -0.05) is 0 Å². The molecular weight excluding hydrogens is 301 g/mol. The highest BCUT2D eigenvalue weighted by atomic mass is 19.4. The molecule has 0 aliphatic rings. The van der Waals surface area contributed by atoms with Crippen molar-refractivity contribution in [3.8, 4) is 11.6 Å². The molecule has 0 unspecified atom stereocenters. The molecule has 0 aliphatic heterocycles. The molecule has 0 radical (unpaired) electrons. The van der Waals surface area contributed by atoms with Gasteiger partial charge in [0.2, 0.25) is 0 Å². The molecule has 0 atom stereocenters. The van der Waals surface area contributed by atoms with Crippen molar-refractivity contribution < 1.29 is 37.1 Å². The van der Waals surface area contributed by atoms with Gasteiger partial charge in [0, 0.05) is 0 Å². The van der Waals surface area contributed by atoms with Crippen LogP contribution in [-0.4, -0.2) is 36.0 Å². The smallest absolute Gasteiger partial charge is 0.494 e. The van der Waals surface area contributed by atoms with Gasteiger partial charge in [0.25, 0.3) is 0 Å². The third-order valence-electron chi connectivity index (χ3n) is 2.08. The fourth-order valence-electron chi connectivity index (χ4n) is 1.38. The third-order valence-corrected chi connectivity index (χ3v) is 2.08. The molecule has 1 aromatic rings. The van der Waals surface area contributed by atoms with Gasteiger partial charge in [-0.25, -0.2) is 9.78 Å². The molecule has 0 saturated heterocycles. The molecule has 0 amide bonds. The van der Waals surface area contributed by atoms with Crippen LogP contribution in [0.4, 0.5) is 18.9 Å². The number of hydrogen-bond acceptors (Lipinski definition) is 7. The van der Waals surface area contributed by atoms with Gasteiger partial charge in [-0.15, -0.1) is 13.2 Å². The number of carbonyl (C=O) groups excluding carboxylic acids is 1. The van der Waals surface area contributed by atoms with Crippen molar-refractivity contribution in [1.29, 1.82) is 0 Å². The lowest BCUT2D eigenvalue weighted by Gasteiger charge is -2.12. The first-order valence-corrected chi connectivity index (χ1v) is 5.35. The second kappa shape index (κ2) is 6.24. The highest BCUT2D eigenvalue weighted by Crippen LogP contribution is 2.37. The summed E-state index contributed by atoms with van der Waals surface area (Å²) in [4.78, 5) is 24.6. The Hall–Kier alpha value is -2.59. The molecule has 116 valence electrons. The summed E-state index contributed by atoms with van der Waals surface area (Å²) in [5.74, 6) is -3.01. The first-order chi connectivity index (χ1) is 9.71. The van der Waals surface area contributed by atoms with E-state index in [0.717, 1.165) is 7.11 Å². The van der Waals surface area contributed by atoms with Crippen LogP contribution in [0.3, 0.4) is 0 Å². The summed E-state index contributed by atoms with van der Waals surface area (Å²) in [6.45, 7) is 1.28. The molecular formula is C10H9F3N2O6. The minimum absolute atomic E-state index is 0.142. The quantitative estimate of drug-likeness (QED) is 0.466. The molecule has 0 aliphatic carbocycles. The van der Waals surface area contributed by atoms with Crippen molar-refractivity contribution in [1.82, 2.24) is 4.98 Å². The summed E-state index contributed by atoms with van der Waals surface area (Å²) in [5.41, 5.74) is -2.09. The lowest BCUT2D eigenvalue weighted by Crippen LogP contribution is -2.20. The van der Waals surface area contributed by atoms with Crippen molar-refractivity contribution in [2.45, 2.75) is 13.3 Å². The molecule has 0 aromatic carbocycles. The van der Waals surface area contributed by atoms with Crippen LogP contribution in [0.25, 0.3) is 0 Å². The molecule has 8 nitrogen and oxygen atoms in total. The van der Waals surface area contributed by atoms with Crippen LogP contribution in [0.1, 0.15) is 17.3 Å². The predicted molar refractivity (Wildman–Crippen MR) is 60.1 cm³/mol. The maximum Gasteiger partial charge on any atom is 0.574 e. The Morgan fingerprint density at radius 3 is 2.52 bits per heavy atom. The van der Waals surface area contributed by atoms with E-state index < -0.39 is 40.1 Å². The van der Waals surface area contributed by atoms with Crippen LogP contribution < -0.4 is 9.47 Å². The van der Waals surface area contributed by atoms with Gasteiger partial charge in [0.1, 0.15) is 0 Å². The SMILES string of the molecule is CCOC(=O)c1c(OC)cnc(OC(F)(F)F)c1[N+](=O)[O-].